The molecule has 1 aliphatic heterocycles. The van der Waals surface area contributed by atoms with Crippen molar-refractivity contribution in [3.05, 3.63) is 38.8 Å². The molecule has 1 aliphatic carbocycles. The Morgan fingerprint density at radius 2 is 2.19 bits per heavy atom. The molecule has 1 atom stereocenters. The molecule has 6 nitrogen and oxygen atoms in total. The van der Waals surface area contributed by atoms with Gasteiger partial charge in [0.1, 0.15) is 0 Å². The Balaban J connectivity index is 1.46. The van der Waals surface area contributed by atoms with Gasteiger partial charge in [0.2, 0.25) is 0 Å². The standard InChI is InChI=1S/C19H23N3O3S/c1-12-2-4-16-13(8-12)9-17(26-16)19(25)21-6-7-22-15(11-21)10-14(20-22)3-5-18(23)24/h9-10,12H,2-8,11H2,1H3,(H,23,24). The number of amides is 1. The number of carboxylic acid groups (broad SMARTS) is 1. The molecule has 26 heavy (non-hydrogen) atoms. The fraction of sp³-hybridized carbons (Fsp3) is 0.526. The lowest BCUT2D eigenvalue weighted by molar-refractivity contribution is -0.136. The molecule has 0 spiro atoms. The van der Waals surface area contributed by atoms with E-state index in [4.69, 9.17) is 5.11 Å². The van der Waals surface area contributed by atoms with Crippen molar-refractivity contribution in [3.63, 3.8) is 0 Å². The molecule has 0 radical (unpaired) electrons. The summed E-state index contributed by atoms with van der Waals surface area (Å²) in [7, 11) is 0. The van der Waals surface area contributed by atoms with Crippen molar-refractivity contribution in [2.45, 2.75) is 52.1 Å². The van der Waals surface area contributed by atoms with E-state index in [-0.39, 0.29) is 12.3 Å². The van der Waals surface area contributed by atoms with Gasteiger partial charge in [0.05, 0.1) is 35.8 Å². The van der Waals surface area contributed by atoms with Crippen LogP contribution in [0.1, 0.15) is 51.3 Å². The summed E-state index contributed by atoms with van der Waals surface area (Å²) < 4.78 is 1.90. The molecule has 7 heteroatoms. The highest BCUT2D eigenvalue weighted by Gasteiger charge is 2.26. The first kappa shape index (κ1) is 17.3. The van der Waals surface area contributed by atoms with Gasteiger partial charge in [-0.05, 0) is 42.9 Å². The van der Waals surface area contributed by atoms with Crippen molar-refractivity contribution < 1.29 is 14.7 Å². The molecule has 2 aliphatic rings. The van der Waals surface area contributed by atoms with Crippen LogP contribution < -0.4 is 0 Å². The lowest BCUT2D eigenvalue weighted by Gasteiger charge is -2.27. The number of rotatable bonds is 4. The number of aryl methyl sites for hydroxylation is 2. The Bertz CT molecular complexity index is 854. The summed E-state index contributed by atoms with van der Waals surface area (Å²) in [5.41, 5.74) is 3.13. The molecule has 0 saturated heterocycles. The molecule has 4 rings (SSSR count). The number of thiophene rings is 1. The summed E-state index contributed by atoms with van der Waals surface area (Å²) in [6.45, 7) is 4.12. The molecule has 2 aromatic heterocycles. The normalized spacial score (nSPS) is 19.1. The van der Waals surface area contributed by atoms with Crippen molar-refractivity contribution in [2.24, 2.45) is 5.92 Å². The summed E-state index contributed by atoms with van der Waals surface area (Å²) in [4.78, 5) is 27.8. The monoisotopic (exact) mass is 373 g/mol. The smallest absolute Gasteiger partial charge is 0.303 e. The zero-order valence-electron chi connectivity index (χ0n) is 14.9. The van der Waals surface area contributed by atoms with Crippen LogP contribution in [0, 0.1) is 5.92 Å². The van der Waals surface area contributed by atoms with E-state index in [0.29, 0.717) is 32.0 Å². The van der Waals surface area contributed by atoms with Gasteiger partial charge in [-0.25, -0.2) is 0 Å². The van der Waals surface area contributed by atoms with E-state index in [2.05, 4.69) is 18.1 Å². The van der Waals surface area contributed by atoms with Crippen LogP contribution in [0.4, 0.5) is 0 Å². The number of carbonyl (C=O) groups is 2. The van der Waals surface area contributed by atoms with Crippen molar-refractivity contribution in [1.82, 2.24) is 14.7 Å². The first-order chi connectivity index (χ1) is 12.5. The largest absolute Gasteiger partial charge is 0.481 e. The Morgan fingerprint density at radius 1 is 1.35 bits per heavy atom. The fourth-order valence-electron chi connectivity index (χ4n) is 3.82. The number of nitrogens with zero attached hydrogens (tertiary/aromatic N) is 3. The van der Waals surface area contributed by atoms with Gasteiger partial charge in [-0.15, -0.1) is 11.3 Å². The molecule has 1 amide bonds. The number of aliphatic carboxylic acids is 1. The number of fused-ring (bicyclic) bond motifs is 2. The van der Waals surface area contributed by atoms with Gasteiger partial charge in [0.25, 0.3) is 5.91 Å². The van der Waals surface area contributed by atoms with E-state index in [9.17, 15) is 9.59 Å². The third-order valence-corrected chi connectivity index (χ3v) is 6.50. The molecule has 1 N–H and O–H groups in total. The quantitative estimate of drug-likeness (QED) is 0.894. The Morgan fingerprint density at radius 3 is 3.00 bits per heavy atom. The predicted octanol–water partition coefficient (Wildman–Crippen LogP) is 2.74. The van der Waals surface area contributed by atoms with E-state index in [0.717, 1.165) is 29.1 Å². The second kappa shape index (κ2) is 6.87. The van der Waals surface area contributed by atoms with Gasteiger partial charge in [-0.2, -0.15) is 5.10 Å². The maximum atomic E-state index is 13.0. The summed E-state index contributed by atoms with van der Waals surface area (Å²) in [6.07, 6.45) is 3.90. The van der Waals surface area contributed by atoms with E-state index in [1.165, 1.54) is 16.9 Å². The number of carbonyl (C=O) groups excluding carboxylic acids is 1. The number of hydrogen-bond donors (Lipinski definition) is 1. The molecular weight excluding hydrogens is 350 g/mol. The van der Waals surface area contributed by atoms with Gasteiger partial charge in [-0.1, -0.05) is 6.92 Å². The highest BCUT2D eigenvalue weighted by molar-refractivity contribution is 7.14. The maximum absolute atomic E-state index is 13.0. The highest BCUT2D eigenvalue weighted by atomic mass is 32.1. The Labute approximate surface area is 156 Å². The zero-order chi connectivity index (χ0) is 18.3. The maximum Gasteiger partial charge on any atom is 0.303 e. The van der Waals surface area contributed by atoms with Crippen molar-refractivity contribution in [2.75, 3.05) is 6.54 Å². The van der Waals surface area contributed by atoms with E-state index >= 15 is 0 Å². The Hall–Kier alpha value is -2.15. The first-order valence-electron chi connectivity index (χ1n) is 9.18. The van der Waals surface area contributed by atoms with Crippen LogP contribution >= 0.6 is 11.3 Å². The predicted molar refractivity (Wildman–Crippen MR) is 98.4 cm³/mol. The Kier molecular flexibility index (Phi) is 4.56. The van der Waals surface area contributed by atoms with Crippen LogP contribution in [0.2, 0.25) is 0 Å². The van der Waals surface area contributed by atoms with Gasteiger partial charge < -0.3 is 10.0 Å². The van der Waals surface area contributed by atoms with E-state index in [1.54, 1.807) is 11.3 Å². The minimum atomic E-state index is -0.816. The van der Waals surface area contributed by atoms with Gasteiger partial charge >= 0.3 is 5.97 Å². The molecule has 138 valence electrons. The van der Waals surface area contributed by atoms with Crippen LogP contribution in [0.25, 0.3) is 0 Å². The summed E-state index contributed by atoms with van der Waals surface area (Å²) >= 11 is 1.66. The molecule has 0 saturated carbocycles. The van der Waals surface area contributed by atoms with Crippen molar-refractivity contribution >= 4 is 23.2 Å². The van der Waals surface area contributed by atoms with Crippen molar-refractivity contribution in [3.8, 4) is 0 Å². The number of aromatic nitrogens is 2. The average molecular weight is 373 g/mol. The number of carboxylic acids is 1. The van der Waals surface area contributed by atoms with Crippen LogP contribution in [0.15, 0.2) is 12.1 Å². The second-order valence-corrected chi connectivity index (χ2v) is 8.51. The molecule has 0 aromatic carbocycles. The molecule has 0 bridgehead atoms. The lowest BCUT2D eigenvalue weighted by atomic mass is 9.90. The van der Waals surface area contributed by atoms with E-state index < -0.39 is 5.97 Å². The molecule has 3 heterocycles. The van der Waals surface area contributed by atoms with Crippen LogP contribution in [-0.2, 0) is 37.1 Å². The van der Waals surface area contributed by atoms with Gasteiger partial charge in [0, 0.05) is 17.8 Å². The summed E-state index contributed by atoms with van der Waals surface area (Å²) in [5.74, 6) is -0.00559. The molecule has 0 fully saturated rings. The zero-order valence-corrected chi connectivity index (χ0v) is 15.7. The minimum absolute atomic E-state index is 0.0816. The third kappa shape index (κ3) is 3.40. The number of hydrogen-bond acceptors (Lipinski definition) is 4. The van der Waals surface area contributed by atoms with Gasteiger partial charge in [0.15, 0.2) is 0 Å². The highest BCUT2D eigenvalue weighted by Crippen LogP contribution is 2.33. The third-order valence-electron chi connectivity index (χ3n) is 5.27. The fourth-order valence-corrected chi connectivity index (χ4v) is 5.00. The summed E-state index contributed by atoms with van der Waals surface area (Å²) in [5, 5.41) is 13.3. The minimum Gasteiger partial charge on any atom is -0.481 e. The molecule has 2 aromatic rings. The topological polar surface area (TPSA) is 75.4 Å². The average Bonchev–Trinajstić information content (AvgIpc) is 3.21. The summed E-state index contributed by atoms with van der Waals surface area (Å²) in [6, 6.07) is 4.03. The van der Waals surface area contributed by atoms with Crippen LogP contribution in [0.3, 0.4) is 0 Å². The van der Waals surface area contributed by atoms with Crippen LogP contribution in [-0.4, -0.2) is 38.2 Å². The van der Waals surface area contributed by atoms with Crippen LogP contribution in [0.5, 0.6) is 0 Å². The van der Waals surface area contributed by atoms with E-state index in [1.807, 2.05) is 15.6 Å². The molecule has 1 unspecified atom stereocenters. The first-order valence-corrected chi connectivity index (χ1v) is 9.99. The SMILES string of the molecule is CC1CCc2sc(C(=O)N3CCn4nc(CCC(=O)O)cc4C3)cc2C1. The molecular formula is C19H23N3O3S. The lowest BCUT2D eigenvalue weighted by Crippen LogP contribution is -2.38. The van der Waals surface area contributed by atoms with Crippen molar-refractivity contribution in [1.29, 1.82) is 0 Å². The second-order valence-electron chi connectivity index (χ2n) is 7.38. The van der Waals surface area contributed by atoms with Gasteiger partial charge in [-0.3, -0.25) is 14.3 Å².